The predicted octanol–water partition coefficient (Wildman–Crippen LogP) is 3.85. The minimum atomic E-state index is -3.19. The van der Waals surface area contributed by atoms with Crippen molar-refractivity contribution in [1.82, 2.24) is 0 Å². The molecule has 0 aliphatic heterocycles. The van der Waals surface area contributed by atoms with E-state index in [-0.39, 0.29) is 0 Å². The van der Waals surface area contributed by atoms with Gasteiger partial charge in [-0.15, -0.1) is 18.3 Å². The average molecular weight is 268 g/mol. The van der Waals surface area contributed by atoms with E-state index < -0.39 is 7.60 Å². The number of thioether (sulfide) groups is 1. The van der Waals surface area contributed by atoms with Crippen LogP contribution in [0.15, 0.2) is 12.7 Å². The molecule has 0 spiro atoms. The molecule has 0 bridgehead atoms. The molecule has 0 aromatic heterocycles. The van der Waals surface area contributed by atoms with Gasteiger partial charge in [0.05, 0.1) is 13.2 Å². The van der Waals surface area contributed by atoms with Crippen molar-refractivity contribution in [3.05, 3.63) is 12.7 Å². The van der Waals surface area contributed by atoms with Crippen LogP contribution in [0.1, 0.15) is 20.3 Å². The summed E-state index contributed by atoms with van der Waals surface area (Å²) in [6.45, 7) is 7.80. The van der Waals surface area contributed by atoms with Crippen LogP contribution in [0.4, 0.5) is 0 Å². The lowest BCUT2D eigenvalue weighted by molar-refractivity contribution is 0.233. The summed E-state index contributed by atoms with van der Waals surface area (Å²) in [5, 5.41) is 0. The molecule has 0 aromatic carbocycles. The van der Waals surface area contributed by atoms with Crippen LogP contribution in [0.25, 0.3) is 0 Å². The lowest BCUT2D eigenvalue weighted by Crippen LogP contribution is -2.02. The van der Waals surface area contributed by atoms with E-state index in [9.17, 15) is 4.57 Å². The molecule has 88 valence electrons. The van der Waals surface area contributed by atoms with E-state index in [1.54, 1.807) is 19.9 Å². The zero-order chi connectivity index (χ0) is 11.7. The number of thiocarbonyl (C=S) groups is 1. The smallest absolute Gasteiger partial charge is 0.305 e. The molecule has 0 aliphatic carbocycles. The van der Waals surface area contributed by atoms with Crippen molar-refractivity contribution in [2.24, 2.45) is 0 Å². The van der Waals surface area contributed by atoms with Gasteiger partial charge in [0.25, 0.3) is 0 Å². The average Bonchev–Trinajstić information content (AvgIpc) is 2.18. The first-order valence-corrected chi connectivity index (χ1v) is 7.71. The monoisotopic (exact) mass is 268 g/mol. The summed E-state index contributed by atoms with van der Waals surface area (Å²) >= 11 is 6.38. The second-order valence-electron chi connectivity index (χ2n) is 2.52. The van der Waals surface area contributed by atoms with E-state index in [4.69, 9.17) is 21.3 Å². The maximum Gasteiger partial charge on any atom is 0.378 e. The molecule has 0 rings (SSSR count). The van der Waals surface area contributed by atoms with E-state index in [1.165, 1.54) is 11.8 Å². The Balaban J connectivity index is 4.28. The summed E-state index contributed by atoms with van der Waals surface area (Å²) in [7, 11) is -3.19. The Hall–Kier alpha value is 0.330. The highest BCUT2D eigenvalue weighted by molar-refractivity contribution is 8.35. The van der Waals surface area contributed by atoms with Crippen molar-refractivity contribution in [3.8, 4) is 0 Å². The first kappa shape index (κ1) is 15.3. The van der Waals surface area contributed by atoms with Crippen LogP contribution in [0.5, 0.6) is 0 Å². The van der Waals surface area contributed by atoms with Gasteiger partial charge in [-0.05, 0) is 20.3 Å². The van der Waals surface area contributed by atoms with Crippen LogP contribution in [0.2, 0.25) is 0 Å². The van der Waals surface area contributed by atoms with E-state index >= 15 is 0 Å². The number of allylic oxidation sites excluding steroid dienone is 1. The van der Waals surface area contributed by atoms with Gasteiger partial charge in [-0.25, -0.2) is 0 Å². The number of hydrogen-bond acceptors (Lipinski definition) is 5. The third kappa shape index (κ3) is 5.83. The molecular formula is C9H17O3PS2. The highest BCUT2D eigenvalue weighted by Gasteiger charge is 2.29. The Labute approximate surface area is 101 Å². The molecule has 0 N–H and O–H groups in total. The third-order valence-electron chi connectivity index (χ3n) is 1.37. The van der Waals surface area contributed by atoms with E-state index in [1.807, 2.05) is 0 Å². The fraction of sp³-hybridized carbons (Fsp3) is 0.667. The molecule has 0 aliphatic rings. The molecule has 0 radical (unpaired) electrons. The zero-order valence-corrected chi connectivity index (χ0v) is 11.6. The summed E-state index contributed by atoms with van der Waals surface area (Å²) in [4.78, 5) is 0. The topological polar surface area (TPSA) is 35.5 Å². The second kappa shape index (κ2) is 8.48. The first-order chi connectivity index (χ1) is 7.10. The molecule has 0 atom stereocenters. The molecule has 0 unspecified atom stereocenters. The van der Waals surface area contributed by atoms with Gasteiger partial charge in [0.1, 0.15) is 0 Å². The van der Waals surface area contributed by atoms with Crippen LogP contribution >= 0.6 is 31.6 Å². The fourth-order valence-corrected chi connectivity index (χ4v) is 4.00. The standard InChI is InChI=1S/C9H17O3PS2/c1-4-7-8-15-9(14)13(10,11-5-2)12-6-3/h4H,1,5-8H2,2-3H3. The van der Waals surface area contributed by atoms with E-state index in [2.05, 4.69) is 6.58 Å². The van der Waals surface area contributed by atoms with E-state index in [0.29, 0.717) is 17.2 Å². The van der Waals surface area contributed by atoms with Crippen molar-refractivity contribution in [1.29, 1.82) is 0 Å². The maximum absolute atomic E-state index is 12.1. The van der Waals surface area contributed by atoms with Crippen molar-refractivity contribution in [2.75, 3.05) is 19.0 Å². The van der Waals surface area contributed by atoms with Gasteiger partial charge in [-0.3, -0.25) is 4.57 Å². The SMILES string of the molecule is C=CCCSC(=S)P(=O)(OCC)OCC. The van der Waals surface area contributed by atoms with Crippen molar-refractivity contribution >= 4 is 35.5 Å². The van der Waals surface area contributed by atoms with Crippen LogP contribution in [-0.2, 0) is 13.6 Å². The Bertz CT molecular complexity index is 246. The number of hydrogen-bond donors (Lipinski definition) is 0. The molecule has 0 saturated heterocycles. The quantitative estimate of drug-likeness (QED) is 0.289. The Morgan fingerprint density at radius 3 is 2.40 bits per heavy atom. The molecule has 0 aromatic rings. The van der Waals surface area contributed by atoms with Crippen molar-refractivity contribution in [2.45, 2.75) is 20.3 Å². The largest absolute Gasteiger partial charge is 0.378 e. The molecular weight excluding hydrogens is 251 g/mol. The lowest BCUT2D eigenvalue weighted by Gasteiger charge is -2.16. The highest BCUT2D eigenvalue weighted by Crippen LogP contribution is 2.53. The lowest BCUT2D eigenvalue weighted by atomic mass is 10.5. The summed E-state index contributed by atoms with van der Waals surface area (Å²) < 4.78 is 22.6. The van der Waals surface area contributed by atoms with Gasteiger partial charge in [0.2, 0.25) is 0 Å². The van der Waals surface area contributed by atoms with Crippen LogP contribution in [0, 0.1) is 0 Å². The van der Waals surface area contributed by atoms with Gasteiger partial charge >= 0.3 is 7.60 Å². The summed E-state index contributed by atoms with van der Waals surface area (Å²) in [5.74, 6) is 0.756. The van der Waals surface area contributed by atoms with Crippen LogP contribution < -0.4 is 0 Å². The molecule has 6 heteroatoms. The van der Waals surface area contributed by atoms with Crippen LogP contribution in [-0.4, -0.2) is 22.9 Å². The molecule has 0 amide bonds. The fourth-order valence-electron chi connectivity index (χ4n) is 0.791. The first-order valence-electron chi connectivity index (χ1n) is 4.78. The summed E-state index contributed by atoms with van der Waals surface area (Å²) in [6.07, 6.45) is 2.62. The maximum atomic E-state index is 12.1. The van der Waals surface area contributed by atoms with Gasteiger partial charge < -0.3 is 9.05 Å². The molecule has 15 heavy (non-hydrogen) atoms. The predicted molar refractivity (Wildman–Crippen MR) is 70.7 cm³/mol. The van der Waals surface area contributed by atoms with Crippen LogP contribution in [0.3, 0.4) is 0 Å². The Kier molecular flexibility index (Phi) is 8.66. The van der Waals surface area contributed by atoms with Gasteiger partial charge in [-0.1, -0.05) is 18.3 Å². The highest BCUT2D eigenvalue weighted by atomic mass is 32.2. The second-order valence-corrected chi connectivity index (χ2v) is 6.86. The summed E-state index contributed by atoms with van der Waals surface area (Å²) in [6, 6.07) is 0. The van der Waals surface area contributed by atoms with Gasteiger partial charge in [-0.2, -0.15) is 0 Å². The Morgan fingerprint density at radius 1 is 1.47 bits per heavy atom. The minimum absolute atomic E-state index is 0.313. The molecule has 0 heterocycles. The number of rotatable bonds is 8. The zero-order valence-electron chi connectivity index (χ0n) is 9.10. The minimum Gasteiger partial charge on any atom is -0.305 e. The Morgan fingerprint density at radius 2 is 2.00 bits per heavy atom. The molecule has 3 nitrogen and oxygen atoms in total. The normalized spacial score (nSPS) is 11.3. The van der Waals surface area contributed by atoms with Gasteiger partial charge in [0.15, 0.2) is 3.94 Å². The third-order valence-corrected chi connectivity index (χ3v) is 5.78. The van der Waals surface area contributed by atoms with Crippen molar-refractivity contribution < 1.29 is 13.6 Å². The summed E-state index contributed by atoms with van der Waals surface area (Å²) in [5.41, 5.74) is 0. The van der Waals surface area contributed by atoms with Gasteiger partial charge in [0, 0.05) is 5.75 Å². The molecule has 0 fully saturated rings. The molecule has 0 saturated carbocycles. The van der Waals surface area contributed by atoms with Crippen molar-refractivity contribution in [3.63, 3.8) is 0 Å². The van der Waals surface area contributed by atoms with E-state index in [0.717, 1.165) is 12.2 Å².